The Hall–Kier alpha value is -1.19. The molecular weight excluding hydrogens is 356 g/mol. The maximum Gasteiger partial charge on any atom is 0.318 e. The number of halogens is 1. The first-order valence-corrected chi connectivity index (χ1v) is 9.72. The van der Waals surface area contributed by atoms with Crippen molar-refractivity contribution in [2.75, 3.05) is 39.0 Å². The van der Waals surface area contributed by atoms with Crippen LogP contribution in [-0.2, 0) is 26.1 Å². The van der Waals surface area contributed by atoms with Crippen LogP contribution in [0.15, 0.2) is 24.3 Å². The normalized spacial score (nSPS) is 19.5. The quantitative estimate of drug-likeness (QED) is 0.760. The van der Waals surface area contributed by atoms with Crippen LogP contribution in [0.25, 0.3) is 0 Å². The van der Waals surface area contributed by atoms with E-state index in [-0.39, 0.29) is 12.6 Å². The molecule has 2 rings (SSSR count). The highest BCUT2D eigenvalue weighted by atomic mass is 35.5. The smallest absolute Gasteiger partial charge is 0.318 e. The summed E-state index contributed by atoms with van der Waals surface area (Å²) in [5.41, 5.74) is 1.06. The van der Waals surface area contributed by atoms with Gasteiger partial charge in [-0.3, -0.25) is 9.69 Å². The molecule has 9 heteroatoms. The summed E-state index contributed by atoms with van der Waals surface area (Å²) in [7, 11) is -3.60. The van der Waals surface area contributed by atoms with Gasteiger partial charge in [0, 0.05) is 31.2 Å². The Bertz CT molecular complexity index is 682. The molecule has 0 aromatic heterocycles. The van der Waals surface area contributed by atoms with Crippen LogP contribution in [0.3, 0.4) is 0 Å². The maximum atomic E-state index is 11.7. The van der Waals surface area contributed by atoms with Crippen LogP contribution in [0.2, 0.25) is 5.02 Å². The lowest BCUT2D eigenvalue weighted by Gasteiger charge is -2.34. The van der Waals surface area contributed by atoms with Gasteiger partial charge >= 0.3 is 5.97 Å². The Morgan fingerprint density at radius 1 is 1.50 bits per heavy atom. The highest BCUT2D eigenvalue weighted by Crippen LogP contribution is 2.15. The lowest BCUT2D eigenvalue weighted by molar-refractivity contribution is -0.137. The Morgan fingerprint density at radius 3 is 2.88 bits per heavy atom. The van der Waals surface area contributed by atoms with Gasteiger partial charge in [-0.05, 0) is 17.7 Å². The third-order valence-electron chi connectivity index (χ3n) is 3.71. The van der Waals surface area contributed by atoms with E-state index in [9.17, 15) is 13.2 Å². The van der Waals surface area contributed by atoms with E-state index < -0.39 is 22.5 Å². The summed E-state index contributed by atoms with van der Waals surface area (Å²) in [5, 5.41) is 9.55. The lowest BCUT2D eigenvalue weighted by atomic mass is 10.2. The van der Waals surface area contributed by atoms with E-state index in [1.807, 2.05) is 24.3 Å². The van der Waals surface area contributed by atoms with Crippen LogP contribution in [0.1, 0.15) is 5.56 Å². The van der Waals surface area contributed by atoms with Gasteiger partial charge in [0.1, 0.15) is 6.54 Å². The minimum atomic E-state index is -3.60. The minimum Gasteiger partial charge on any atom is -0.480 e. The molecule has 1 aliphatic heterocycles. The third-order valence-corrected chi connectivity index (χ3v) is 5.16. The number of hydrogen-bond acceptors (Lipinski definition) is 5. The second-order valence-corrected chi connectivity index (χ2v) is 8.23. The van der Waals surface area contributed by atoms with E-state index in [1.54, 1.807) is 0 Å². The SMILES string of the molecule is CS(=O)(=O)N(CC(=O)O)CC1CN(Cc2cccc(Cl)c2)CCO1. The number of nitrogens with zero attached hydrogens (tertiary/aromatic N) is 2. The fourth-order valence-electron chi connectivity index (χ4n) is 2.62. The van der Waals surface area contributed by atoms with Crippen molar-refractivity contribution in [3.63, 3.8) is 0 Å². The Labute approximate surface area is 146 Å². The van der Waals surface area contributed by atoms with Crippen molar-refractivity contribution in [2.45, 2.75) is 12.6 Å². The molecule has 0 amide bonds. The van der Waals surface area contributed by atoms with E-state index in [4.69, 9.17) is 21.4 Å². The fraction of sp³-hybridized carbons (Fsp3) is 0.533. The van der Waals surface area contributed by atoms with Gasteiger partial charge in [0.05, 0.1) is 19.0 Å². The third kappa shape index (κ3) is 6.03. The molecule has 0 aliphatic carbocycles. The molecule has 1 aromatic carbocycles. The predicted molar refractivity (Wildman–Crippen MR) is 90.5 cm³/mol. The highest BCUT2D eigenvalue weighted by molar-refractivity contribution is 7.88. The fourth-order valence-corrected chi connectivity index (χ4v) is 3.62. The first-order chi connectivity index (χ1) is 11.2. The molecule has 1 atom stereocenters. The molecule has 1 aromatic rings. The Balaban J connectivity index is 1.97. The van der Waals surface area contributed by atoms with Crippen molar-refractivity contribution in [2.24, 2.45) is 0 Å². The average Bonchev–Trinajstić information content (AvgIpc) is 2.45. The molecule has 0 bridgehead atoms. The van der Waals surface area contributed by atoms with Crippen molar-refractivity contribution in [1.82, 2.24) is 9.21 Å². The van der Waals surface area contributed by atoms with Gasteiger partial charge < -0.3 is 9.84 Å². The first kappa shape index (κ1) is 19.1. The Kier molecular flexibility index (Phi) is 6.59. The van der Waals surface area contributed by atoms with Crippen LogP contribution < -0.4 is 0 Å². The van der Waals surface area contributed by atoms with Crippen LogP contribution in [0.4, 0.5) is 0 Å². The number of rotatable bonds is 7. The maximum absolute atomic E-state index is 11.7. The first-order valence-electron chi connectivity index (χ1n) is 7.49. The standard InChI is InChI=1S/C15H21ClN2O5S/c1-24(21,22)18(11-15(19)20)10-14-9-17(5-6-23-14)8-12-3-2-4-13(16)7-12/h2-4,7,14H,5-6,8-11H2,1H3,(H,19,20). The van der Waals surface area contributed by atoms with Crippen molar-refractivity contribution >= 4 is 27.6 Å². The zero-order valence-electron chi connectivity index (χ0n) is 13.4. The second kappa shape index (κ2) is 8.26. The Morgan fingerprint density at radius 2 is 2.25 bits per heavy atom. The van der Waals surface area contributed by atoms with Gasteiger partial charge in [-0.2, -0.15) is 4.31 Å². The number of sulfonamides is 1. The molecule has 1 aliphatic rings. The van der Waals surface area contributed by atoms with Gasteiger partial charge in [0.25, 0.3) is 0 Å². The topological polar surface area (TPSA) is 87.2 Å². The van der Waals surface area contributed by atoms with Crippen LogP contribution in [-0.4, -0.2) is 73.8 Å². The highest BCUT2D eigenvalue weighted by Gasteiger charge is 2.28. The number of carbonyl (C=O) groups is 1. The van der Waals surface area contributed by atoms with Gasteiger partial charge in [0.15, 0.2) is 0 Å². The lowest BCUT2D eigenvalue weighted by Crippen LogP contribution is -2.49. The molecule has 134 valence electrons. The molecule has 24 heavy (non-hydrogen) atoms. The van der Waals surface area contributed by atoms with Crippen LogP contribution in [0.5, 0.6) is 0 Å². The van der Waals surface area contributed by atoms with Gasteiger partial charge in [-0.25, -0.2) is 8.42 Å². The average molecular weight is 377 g/mol. The number of benzene rings is 1. The minimum absolute atomic E-state index is 0.0250. The zero-order chi connectivity index (χ0) is 17.7. The summed E-state index contributed by atoms with van der Waals surface area (Å²) in [4.78, 5) is 13.0. The van der Waals surface area contributed by atoms with E-state index >= 15 is 0 Å². The monoisotopic (exact) mass is 376 g/mol. The zero-order valence-corrected chi connectivity index (χ0v) is 15.0. The van der Waals surface area contributed by atoms with Crippen molar-refractivity contribution < 1.29 is 23.1 Å². The molecule has 7 nitrogen and oxygen atoms in total. The molecule has 0 radical (unpaired) electrons. The largest absolute Gasteiger partial charge is 0.480 e. The van der Waals surface area contributed by atoms with Crippen molar-refractivity contribution in [1.29, 1.82) is 0 Å². The summed E-state index contributed by atoms with van der Waals surface area (Å²) in [6, 6.07) is 7.56. The molecule has 0 spiro atoms. The van der Waals surface area contributed by atoms with Crippen LogP contribution in [0, 0.1) is 0 Å². The number of carboxylic acids is 1. The summed E-state index contributed by atoms with van der Waals surface area (Å²) in [6.07, 6.45) is 0.634. The molecule has 1 N–H and O–H groups in total. The van der Waals surface area contributed by atoms with E-state index in [1.165, 1.54) is 0 Å². The molecule has 1 saturated heterocycles. The summed E-state index contributed by atoms with van der Waals surface area (Å²) in [5.74, 6) is -1.19. The van der Waals surface area contributed by atoms with Gasteiger partial charge in [-0.1, -0.05) is 23.7 Å². The van der Waals surface area contributed by atoms with E-state index in [0.717, 1.165) is 22.7 Å². The number of aliphatic carboxylic acids is 1. The second-order valence-electron chi connectivity index (χ2n) is 5.81. The molecule has 0 saturated carbocycles. The van der Waals surface area contributed by atoms with Crippen LogP contribution >= 0.6 is 11.6 Å². The predicted octanol–water partition coefficient (Wildman–Crippen LogP) is 0.887. The molecule has 1 unspecified atom stereocenters. The van der Waals surface area contributed by atoms with Gasteiger partial charge in [0.2, 0.25) is 10.0 Å². The van der Waals surface area contributed by atoms with E-state index in [2.05, 4.69) is 4.90 Å². The molecular formula is C15H21ClN2O5S. The van der Waals surface area contributed by atoms with Crippen molar-refractivity contribution in [3.05, 3.63) is 34.9 Å². The summed E-state index contributed by atoms with van der Waals surface area (Å²) < 4.78 is 30.0. The number of carboxylic acid groups (broad SMARTS) is 1. The van der Waals surface area contributed by atoms with E-state index in [0.29, 0.717) is 24.7 Å². The van der Waals surface area contributed by atoms with Gasteiger partial charge in [-0.15, -0.1) is 0 Å². The molecule has 1 fully saturated rings. The van der Waals surface area contributed by atoms with Crippen molar-refractivity contribution in [3.8, 4) is 0 Å². The number of hydrogen-bond donors (Lipinski definition) is 1. The number of morpholine rings is 1. The summed E-state index contributed by atoms with van der Waals surface area (Å²) in [6.45, 7) is 1.86. The summed E-state index contributed by atoms with van der Waals surface area (Å²) >= 11 is 5.99. The number of ether oxygens (including phenoxy) is 1. The molecule has 1 heterocycles.